The van der Waals surface area contributed by atoms with E-state index in [0.717, 1.165) is 25.4 Å². The van der Waals surface area contributed by atoms with Crippen LogP contribution in [0.25, 0.3) is 0 Å². The van der Waals surface area contributed by atoms with Crippen molar-refractivity contribution >= 4 is 11.5 Å². The zero-order valence-corrected chi connectivity index (χ0v) is 9.36. The molecule has 1 rings (SSSR count). The third-order valence-electron chi connectivity index (χ3n) is 1.90. The van der Waals surface area contributed by atoms with Crippen molar-refractivity contribution < 1.29 is 4.74 Å². The molecule has 3 N–H and O–H groups in total. The first-order valence-corrected chi connectivity index (χ1v) is 5.26. The Hall–Kier alpha value is -1.29. The Labute approximate surface area is 90.8 Å². The molecule has 1 aromatic rings. The lowest BCUT2D eigenvalue weighted by atomic mass is 10.3. The molecule has 1 heterocycles. The zero-order valence-electron chi connectivity index (χ0n) is 9.36. The van der Waals surface area contributed by atoms with E-state index in [1.165, 1.54) is 0 Å². The molecule has 0 aliphatic heterocycles. The highest BCUT2D eigenvalue weighted by Gasteiger charge is 1.97. The minimum absolute atomic E-state index is 0.296. The second-order valence-corrected chi connectivity index (χ2v) is 3.64. The maximum Gasteiger partial charge on any atom is 0.149 e. The van der Waals surface area contributed by atoms with Gasteiger partial charge in [0, 0.05) is 19.3 Å². The van der Waals surface area contributed by atoms with Crippen LogP contribution in [0.5, 0.6) is 0 Å². The SMILES string of the molecule is CC(C)OCCCNc1ncccc1N. The summed E-state index contributed by atoms with van der Waals surface area (Å²) in [5.74, 6) is 0.752. The van der Waals surface area contributed by atoms with Gasteiger partial charge in [0.1, 0.15) is 5.82 Å². The van der Waals surface area contributed by atoms with Crippen molar-refractivity contribution in [2.24, 2.45) is 0 Å². The third-order valence-corrected chi connectivity index (χ3v) is 1.90. The topological polar surface area (TPSA) is 60.2 Å². The van der Waals surface area contributed by atoms with Gasteiger partial charge in [0.05, 0.1) is 11.8 Å². The van der Waals surface area contributed by atoms with Crippen molar-refractivity contribution in [2.75, 3.05) is 24.2 Å². The van der Waals surface area contributed by atoms with Gasteiger partial charge in [-0.25, -0.2) is 4.98 Å². The Morgan fingerprint density at radius 3 is 3.00 bits per heavy atom. The molecule has 1 aromatic heterocycles. The molecule has 0 atom stereocenters. The van der Waals surface area contributed by atoms with E-state index in [0.29, 0.717) is 11.8 Å². The standard InChI is InChI=1S/C11H19N3O/c1-9(2)15-8-4-7-14-11-10(12)5-3-6-13-11/h3,5-6,9H,4,7-8,12H2,1-2H3,(H,13,14). The summed E-state index contributed by atoms with van der Waals surface area (Å²) in [6, 6.07) is 3.66. The number of aromatic nitrogens is 1. The predicted molar refractivity (Wildman–Crippen MR) is 62.8 cm³/mol. The van der Waals surface area contributed by atoms with Gasteiger partial charge in [-0.1, -0.05) is 0 Å². The fourth-order valence-corrected chi connectivity index (χ4v) is 1.16. The molecule has 0 aliphatic carbocycles. The molecule has 4 heteroatoms. The lowest BCUT2D eigenvalue weighted by Gasteiger charge is -2.09. The van der Waals surface area contributed by atoms with Crippen LogP contribution in [0.4, 0.5) is 11.5 Å². The fourth-order valence-electron chi connectivity index (χ4n) is 1.16. The molecular weight excluding hydrogens is 190 g/mol. The molecular formula is C11H19N3O. The Kier molecular flexibility index (Phi) is 4.90. The van der Waals surface area contributed by atoms with Crippen LogP contribution < -0.4 is 11.1 Å². The normalized spacial score (nSPS) is 10.6. The third kappa shape index (κ3) is 4.65. The highest BCUT2D eigenvalue weighted by Crippen LogP contribution is 2.12. The summed E-state index contributed by atoms with van der Waals surface area (Å²) in [7, 11) is 0. The average Bonchev–Trinajstić information content (AvgIpc) is 2.20. The summed E-state index contributed by atoms with van der Waals surface area (Å²) in [5, 5.41) is 3.17. The molecule has 0 saturated carbocycles. The van der Waals surface area contributed by atoms with Crippen LogP contribution in [-0.4, -0.2) is 24.2 Å². The van der Waals surface area contributed by atoms with Crippen LogP contribution in [0.1, 0.15) is 20.3 Å². The number of ether oxygens (including phenoxy) is 1. The summed E-state index contributed by atoms with van der Waals surface area (Å²) < 4.78 is 5.42. The number of nitrogen functional groups attached to an aromatic ring is 1. The largest absolute Gasteiger partial charge is 0.396 e. The molecule has 0 aromatic carbocycles. The second kappa shape index (κ2) is 6.24. The number of hydrogen-bond donors (Lipinski definition) is 2. The van der Waals surface area contributed by atoms with Gasteiger partial charge in [-0.05, 0) is 32.4 Å². The van der Waals surface area contributed by atoms with Crippen LogP contribution in [0.3, 0.4) is 0 Å². The molecule has 0 fully saturated rings. The van der Waals surface area contributed by atoms with Gasteiger partial charge >= 0.3 is 0 Å². The van der Waals surface area contributed by atoms with Crippen molar-refractivity contribution in [1.82, 2.24) is 4.98 Å². The molecule has 15 heavy (non-hydrogen) atoms. The highest BCUT2D eigenvalue weighted by atomic mass is 16.5. The van der Waals surface area contributed by atoms with Crippen LogP contribution >= 0.6 is 0 Å². The van der Waals surface area contributed by atoms with Gasteiger partial charge in [0.15, 0.2) is 0 Å². The molecule has 0 aliphatic rings. The lowest BCUT2D eigenvalue weighted by molar-refractivity contribution is 0.0787. The zero-order chi connectivity index (χ0) is 11.1. The Bertz CT molecular complexity index is 289. The number of nitrogens with two attached hydrogens (primary N) is 1. The summed E-state index contributed by atoms with van der Waals surface area (Å²) in [6.07, 6.45) is 2.97. The van der Waals surface area contributed by atoms with Gasteiger partial charge in [0.25, 0.3) is 0 Å². The maximum atomic E-state index is 5.73. The summed E-state index contributed by atoms with van der Waals surface area (Å²) in [5.41, 5.74) is 6.41. The Morgan fingerprint density at radius 1 is 1.53 bits per heavy atom. The molecule has 4 nitrogen and oxygen atoms in total. The lowest BCUT2D eigenvalue weighted by Crippen LogP contribution is -2.10. The van der Waals surface area contributed by atoms with Crippen LogP contribution in [0.2, 0.25) is 0 Å². The molecule has 0 amide bonds. The summed E-state index contributed by atoms with van der Waals surface area (Å²) in [6.45, 7) is 5.65. The van der Waals surface area contributed by atoms with Crippen LogP contribution in [0, 0.1) is 0 Å². The number of nitrogens with zero attached hydrogens (tertiary/aromatic N) is 1. The average molecular weight is 209 g/mol. The number of pyridine rings is 1. The van der Waals surface area contributed by atoms with E-state index >= 15 is 0 Å². The molecule has 0 bridgehead atoms. The molecule has 84 valence electrons. The minimum atomic E-state index is 0.296. The Balaban J connectivity index is 2.18. The van der Waals surface area contributed by atoms with Gasteiger partial charge in [-0.3, -0.25) is 0 Å². The van der Waals surface area contributed by atoms with E-state index in [2.05, 4.69) is 10.3 Å². The van der Waals surface area contributed by atoms with E-state index in [1.54, 1.807) is 6.20 Å². The number of nitrogens with one attached hydrogen (secondary N) is 1. The summed E-state index contributed by atoms with van der Waals surface area (Å²) in [4.78, 5) is 4.13. The van der Waals surface area contributed by atoms with E-state index in [-0.39, 0.29) is 0 Å². The monoisotopic (exact) mass is 209 g/mol. The molecule has 0 saturated heterocycles. The van der Waals surface area contributed by atoms with Gasteiger partial charge in [-0.15, -0.1) is 0 Å². The number of rotatable bonds is 6. The highest BCUT2D eigenvalue weighted by molar-refractivity contribution is 5.60. The van der Waals surface area contributed by atoms with Crippen LogP contribution in [0.15, 0.2) is 18.3 Å². The van der Waals surface area contributed by atoms with Crippen molar-refractivity contribution in [3.63, 3.8) is 0 Å². The molecule has 0 unspecified atom stereocenters. The maximum absolute atomic E-state index is 5.73. The molecule has 0 spiro atoms. The molecule has 0 radical (unpaired) electrons. The number of hydrogen-bond acceptors (Lipinski definition) is 4. The fraction of sp³-hybridized carbons (Fsp3) is 0.545. The van der Waals surface area contributed by atoms with Crippen molar-refractivity contribution in [3.05, 3.63) is 18.3 Å². The predicted octanol–water partition coefficient (Wildman–Crippen LogP) is 1.89. The van der Waals surface area contributed by atoms with E-state index in [9.17, 15) is 0 Å². The minimum Gasteiger partial charge on any atom is -0.396 e. The smallest absolute Gasteiger partial charge is 0.149 e. The Morgan fingerprint density at radius 2 is 2.33 bits per heavy atom. The first kappa shape index (κ1) is 11.8. The second-order valence-electron chi connectivity index (χ2n) is 3.64. The van der Waals surface area contributed by atoms with Crippen molar-refractivity contribution in [3.8, 4) is 0 Å². The van der Waals surface area contributed by atoms with Gasteiger partial charge in [0.2, 0.25) is 0 Å². The first-order valence-electron chi connectivity index (χ1n) is 5.26. The van der Waals surface area contributed by atoms with E-state index in [1.807, 2.05) is 26.0 Å². The van der Waals surface area contributed by atoms with E-state index in [4.69, 9.17) is 10.5 Å². The van der Waals surface area contributed by atoms with E-state index < -0.39 is 0 Å². The van der Waals surface area contributed by atoms with Crippen molar-refractivity contribution in [1.29, 1.82) is 0 Å². The first-order chi connectivity index (χ1) is 7.20. The van der Waals surface area contributed by atoms with Crippen molar-refractivity contribution in [2.45, 2.75) is 26.4 Å². The van der Waals surface area contributed by atoms with Gasteiger partial charge < -0.3 is 15.8 Å². The quantitative estimate of drug-likeness (QED) is 0.702. The van der Waals surface area contributed by atoms with Crippen LogP contribution in [-0.2, 0) is 4.74 Å². The summed E-state index contributed by atoms with van der Waals surface area (Å²) >= 11 is 0. The van der Waals surface area contributed by atoms with Gasteiger partial charge in [-0.2, -0.15) is 0 Å². The number of anilines is 2.